The van der Waals surface area contributed by atoms with Gasteiger partial charge in [0.15, 0.2) is 0 Å². The van der Waals surface area contributed by atoms with Gasteiger partial charge < -0.3 is 4.52 Å². The fourth-order valence-corrected chi connectivity index (χ4v) is 7.55. The summed E-state index contributed by atoms with van der Waals surface area (Å²) < 4.78 is 8.45. The SMILES string of the molecule is CS(C)(CC1OP(Cl)N2CCC[C@@H]12)c1ccccc1. The molecule has 0 bridgehead atoms. The molecule has 2 unspecified atom stereocenters. The highest BCUT2D eigenvalue weighted by Gasteiger charge is 2.45. The first-order valence-electron chi connectivity index (χ1n) is 6.73. The molecule has 19 heavy (non-hydrogen) atoms. The van der Waals surface area contributed by atoms with Crippen molar-refractivity contribution >= 4 is 28.9 Å². The second-order valence-corrected chi connectivity index (χ2v) is 11.7. The van der Waals surface area contributed by atoms with Crippen molar-refractivity contribution in [1.29, 1.82) is 0 Å². The van der Waals surface area contributed by atoms with Crippen LogP contribution < -0.4 is 0 Å². The largest absolute Gasteiger partial charge is 0.326 e. The highest BCUT2D eigenvalue weighted by atomic mass is 35.7. The number of halogens is 1. The summed E-state index contributed by atoms with van der Waals surface area (Å²) in [7, 11) is -1.65. The summed E-state index contributed by atoms with van der Waals surface area (Å²) in [4.78, 5) is 1.47. The third kappa shape index (κ3) is 2.82. The maximum absolute atomic E-state index is 6.36. The molecule has 0 saturated carbocycles. The van der Waals surface area contributed by atoms with E-state index in [1.807, 2.05) is 0 Å². The van der Waals surface area contributed by atoms with Gasteiger partial charge in [-0.15, -0.1) is 0 Å². The predicted octanol–water partition coefficient (Wildman–Crippen LogP) is 4.44. The third-order valence-electron chi connectivity index (χ3n) is 4.09. The first-order chi connectivity index (χ1) is 9.08. The summed E-state index contributed by atoms with van der Waals surface area (Å²) >= 11 is 6.36. The molecule has 0 radical (unpaired) electrons. The van der Waals surface area contributed by atoms with Crippen molar-refractivity contribution in [2.45, 2.75) is 29.9 Å². The van der Waals surface area contributed by atoms with Crippen LogP contribution in [0.25, 0.3) is 0 Å². The molecule has 2 aliphatic rings. The van der Waals surface area contributed by atoms with E-state index in [4.69, 9.17) is 15.8 Å². The Labute approximate surface area is 123 Å². The normalized spacial score (nSPS) is 32.5. The monoisotopic (exact) mass is 317 g/mol. The molecular weight excluding hydrogens is 297 g/mol. The number of hydrogen-bond acceptors (Lipinski definition) is 2. The zero-order valence-corrected chi connectivity index (χ0v) is 13.9. The van der Waals surface area contributed by atoms with Crippen LogP contribution >= 0.6 is 28.9 Å². The van der Waals surface area contributed by atoms with E-state index < -0.39 is 17.7 Å². The van der Waals surface area contributed by atoms with E-state index >= 15 is 0 Å². The molecule has 5 heteroatoms. The van der Waals surface area contributed by atoms with Gasteiger partial charge in [0.2, 0.25) is 7.65 Å². The molecular formula is C14H21ClNOPS. The lowest BCUT2D eigenvalue weighted by molar-refractivity contribution is 0.237. The highest BCUT2D eigenvalue weighted by molar-refractivity contribution is 8.32. The average Bonchev–Trinajstić information content (AvgIpc) is 2.96. The second kappa shape index (κ2) is 5.54. The minimum Gasteiger partial charge on any atom is -0.326 e. The molecule has 2 saturated heterocycles. The number of fused-ring (bicyclic) bond motifs is 1. The summed E-state index contributed by atoms with van der Waals surface area (Å²) in [6, 6.07) is 11.4. The van der Waals surface area contributed by atoms with Crippen molar-refractivity contribution in [3.63, 3.8) is 0 Å². The maximum Gasteiger partial charge on any atom is 0.207 e. The molecule has 106 valence electrons. The van der Waals surface area contributed by atoms with E-state index in [9.17, 15) is 0 Å². The van der Waals surface area contributed by atoms with Crippen molar-refractivity contribution in [3.8, 4) is 0 Å². The van der Waals surface area contributed by atoms with Crippen molar-refractivity contribution in [2.24, 2.45) is 0 Å². The van der Waals surface area contributed by atoms with E-state index in [2.05, 4.69) is 47.5 Å². The topological polar surface area (TPSA) is 12.5 Å². The van der Waals surface area contributed by atoms with E-state index in [1.165, 1.54) is 17.7 Å². The first-order valence-corrected chi connectivity index (χ1v) is 11.5. The van der Waals surface area contributed by atoms with Gasteiger partial charge in [-0.2, -0.15) is 0 Å². The van der Waals surface area contributed by atoms with Crippen LogP contribution in [0.2, 0.25) is 0 Å². The Morgan fingerprint density at radius 1 is 1.37 bits per heavy atom. The Kier molecular flexibility index (Phi) is 4.13. The fraction of sp³-hybridized carbons (Fsp3) is 0.571. The molecule has 2 aliphatic heterocycles. The second-order valence-electron chi connectivity index (χ2n) is 5.76. The lowest BCUT2D eigenvalue weighted by atomic mass is 10.1. The van der Waals surface area contributed by atoms with Crippen LogP contribution in [-0.4, -0.2) is 41.6 Å². The molecule has 2 nitrogen and oxygen atoms in total. The molecule has 2 fully saturated rings. The summed E-state index contributed by atoms with van der Waals surface area (Å²) in [5.74, 6) is 1.13. The first kappa shape index (κ1) is 14.2. The summed E-state index contributed by atoms with van der Waals surface area (Å²) in [6.07, 6.45) is 7.63. The number of hydrogen-bond donors (Lipinski definition) is 0. The van der Waals surface area contributed by atoms with Crippen LogP contribution in [0.3, 0.4) is 0 Å². The Morgan fingerprint density at radius 3 is 2.84 bits per heavy atom. The standard InChI is InChI=1S/C14H21ClNOPS/c1-19(2,12-7-4-3-5-8-12)11-14-13-9-6-10-16(13)18(15)17-14/h3-5,7-8,13-14H,6,9-11H2,1-2H3/t13-,14?,18?/m0/s1. The maximum atomic E-state index is 6.36. The van der Waals surface area contributed by atoms with Gasteiger partial charge in [0.05, 0.1) is 6.10 Å². The third-order valence-corrected chi connectivity index (χ3v) is 8.96. The predicted molar refractivity (Wildman–Crippen MR) is 86.4 cm³/mol. The average molecular weight is 318 g/mol. The van der Waals surface area contributed by atoms with Gasteiger partial charge in [-0.1, -0.05) is 30.3 Å². The minimum absolute atomic E-state index is 0.330. The molecule has 0 aliphatic carbocycles. The van der Waals surface area contributed by atoms with Gasteiger partial charge in [0, 0.05) is 18.3 Å². The van der Waals surface area contributed by atoms with Gasteiger partial charge in [0.1, 0.15) is 0 Å². The molecule has 0 aromatic heterocycles. The Bertz CT molecular complexity index is 444. The lowest BCUT2D eigenvalue weighted by Crippen LogP contribution is -2.32. The van der Waals surface area contributed by atoms with Gasteiger partial charge in [-0.25, -0.2) is 14.7 Å². The van der Waals surface area contributed by atoms with Crippen LogP contribution in [0.5, 0.6) is 0 Å². The number of rotatable bonds is 3. The van der Waals surface area contributed by atoms with Gasteiger partial charge >= 0.3 is 0 Å². The Morgan fingerprint density at radius 2 is 2.11 bits per heavy atom. The molecule has 2 heterocycles. The molecule has 0 N–H and O–H groups in total. The number of benzene rings is 1. The van der Waals surface area contributed by atoms with E-state index in [0.717, 1.165) is 12.3 Å². The molecule has 3 rings (SSSR count). The molecule has 0 spiro atoms. The molecule has 0 amide bonds. The molecule has 3 atom stereocenters. The van der Waals surface area contributed by atoms with Crippen molar-refractivity contribution in [2.75, 3.05) is 24.8 Å². The zero-order chi connectivity index (χ0) is 13.5. The highest BCUT2D eigenvalue weighted by Crippen LogP contribution is 2.61. The van der Waals surface area contributed by atoms with Crippen molar-refractivity contribution < 1.29 is 4.52 Å². The van der Waals surface area contributed by atoms with Gasteiger partial charge in [-0.05, 0) is 41.5 Å². The van der Waals surface area contributed by atoms with Crippen LogP contribution in [0.1, 0.15) is 12.8 Å². The Balaban J connectivity index is 1.74. The smallest absolute Gasteiger partial charge is 0.207 e. The van der Waals surface area contributed by atoms with Gasteiger partial charge in [0.25, 0.3) is 0 Å². The lowest BCUT2D eigenvalue weighted by Gasteiger charge is -2.35. The van der Waals surface area contributed by atoms with Crippen molar-refractivity contribution in [1.82, 2.24) is 4.67 Å². The van der Waals surface area contributed by atoms with E-state index in [-0.39, 0.29) is 0 Å². The summed E-state index contributed by atoms with van der Waals surface area (Å²) in [6.45, 7) is 1.12. The van der Waals surface area contributed by atoms with E-state index in [1.54, 1.807) is 0 Å². The molecule has 1 aromatic rings. The summed E-state index contributed by atoms with van der Waals surface area (Å²) in [5, 5.41) is 0. The van der Waals surface area contributed by atoms with Crippen LogP contribution in [0.4, 0.5) is 0 Å². The fourth-order valence-electron chi connectivity index (χ4n) is 3.03. The summed E-state index contributed by atoms with van der Waals surface area (Å²) in [5.41, 5.74) is 0. The zero-order valence-electron chi connectivity index (χ0n) is 11.5. The van der Waals surface area contributed by atoms with Gasteiger partial charge in [-0.3, -0.25) is 0 Å². The van der Waals surface area contributed by atoms with Crippen LogP contribution in [0.15, 0.2) is 35.2 Å². The minimum atomic E-state index is -0.848. The van der Waals surface area contributed by atoms with E-state index in [0.29, 0.717) is 12.1 Å². The Hall–Kier alpha value is 0.210. The molecule has 1 aromatic carbocycles. The van der Waals surface area contributed by atoms with Crippen molar-refractivity contribution in [3.05, 3.63) is 30.3 Å². The van der Waals surface area contributed by atoms with Crippen LogP contribution in [0, 0.1) is 0 Å². The van der Waals surface area contributed by atoms with Crippen LogP contribution in [-0.2, 0) is 4.52 Å². The quantitative estimate of drug-likeness (QED) is 0.764. The number of nitrogens with zero attached hydrogens (tertiary/aromatic N) is 1.